The van der Waals surface area contributed by atoms with E-state index in [1.807, 2.05) is 6.07 Å². The van der Waals surface area contributed by atoms with Crippen LogP contribution in [0.4, 0.5) is 10.5 Å². The third kappa shape index (κ3) is 1.23. The number of amides is 1. The van der Waals surface area contributed by atoms with Crippen LogP contribution in [0, 0.1) is 0 Å². The van der Waals surface area contributed by atoms with Crippen molar-refractivity contribution in [3.63, 3.8) is 0 Å². The van der Waals surface area contributed by atoms with Crippen molar-refractivity contribution < 1.29 is 9.53 Å². The Labute approximate surface area is 69.6 Å². The first kappa shape index (κ1) is 7.09. The summed E-state index contributed by atoms with van der Waals surface area (Å²) in [5.74, 6) is 0. The Kier molecular flexibility index (Phi) is 1.66. The van der Waals surface area contributed by atoms with E-state index < -0.39 is 6.09 Å². The molecular weight excluding hydrogens is 156 g/mol. The van der Waals surface area contributed by atoms with Gasteiger partial charge < -0.3 is 4.74 Å². The molecule has 0 saturated carbocycles. The molecule has 1 amide bonds. The van der Waals surface area contributed by atoms with E-state index in [9.17, 15) is 4.79 Å². The molecule has 1 aliphatic rings. The number of hydrogen-bond acceptors (Lipinski definition) is 3. The minimum absolute atomic E-state index is 0.401. The Morgan fingerprint density at radius 2 is 2.50 bits per heavy atom. The van der Waals surface area contributed by atoms with Gasteiger partial charge in [0.25, 0.3) is 0 Å². The molecule has 0 bridgehead atoms. The number of carbonyl (C=O) groups excluding carboxylic acids is 1. The Morgan fingerprint density at radius 3 is 3.42 bits per heavy atom. The predicted molar refractivity (Wildman–Crippen MR) is 42.9 cm³/mol. The van der Waals surface area contributed by atoms with Crippen LogP contribution in [-0.4, -0.2) is 17.7 Å². The van der Waals surface area contributed by atoms with Crippen molar-refractivity contribution in [2.24, 2.45) is 0 Å². The first-order chi connectivity index (χ1) is 5.86. The van der Waals surface area contributed by atoms with Crippen LogP contribution in [0.5, 0.6) is 0 Å². The number of fused-ring (bicyclic) bond motifs is 1. The molecule has 1 aliphatic heterocycles. The van der Waals surface area contributed by atoms with Gasteiger partial charge in [-0.2, -0.15) is 0 Å². The number of aromatic nitrogens is 1. The summed E-state index contributed by atoms with van der Waals surface area (Å²) in [5.41, 5.74) is 1.82. The van der Waals surface area contributed by atoms with Crippen LogP contribution in [0.25, 0.3) is 0 Å². The van der Waals surface area contributed by atoms with Crippen molar-refractivity contribution in [2.75, 3.05) is 11.9 Å². The molecule has 4 nitrogen and oxygen atoms in total. The first-order valence-corrected chi connectivity index (χ1v) is 3.73. The molecule has 0 fully saturated rings. The van der Waals surface area contributed by atoms with E-state index in [4.69, 9.17) is 4.74 Å². The average Bonchev–Trinajstić information content (AvgIpc) is 2.25. The fourth-order valence-corrected chi connectivity index (χ4v) is 1.15. The summed E-state index contributed by atoms with van der Waals surface area (Å²) in [6.07, 6.45) is 3.68. The van der Waals surface area contributed by atoms with Crippen LogP contribution < -0.4 is 5.32 Å². The largest absolute Gasteiger partial charge is 0.449 e. The Morgan fingerprint density at radius 1 is 1.58 bits per heavy atom. The lowest BCUT2D eigenvalue weighted by Gasteiger charge is -2.01. The number of rotatable bonds is 0. The van der Waals surface area contributed by atoms with Crippen LogP contribution in [0.1, 0.15) is 5.56 Å². The topological polar surface area (TPSA) is 51.2 Å². The van der Waals surface area contributed by atoms with E-state index in [2.05, 4.69) is 10.3 Å². The van der Waals surface area contributed by atoms with Crippen LogP contribution in [0.15, 0.2) is 18.5 Å². The zero-order valence-electron chi connectivity index (χ0n) is 6.41. The van der Waals surface area contributed by atoms with Crippen LogP contribution >= 0.6 is 0 Å². The molecule has 0 aromatic carbocycles. The molecule has 0 radical (unpaired) electrons. The summed E-state index contributed by atoms with van der Waals surface area (Å²) in [6, 6.07) is 1.88. The highest BCUT2D eigenvalue weighted by molar-refractivity contribution is 5.86. The van der Waals surface area contributed by atoms with E-state index in [-0.39, 0.29) is 0 Å². The molecule has 0 unspecified atom stereocenters. The summed E-state index contributed by atoms with van der Waals surface area (Å²) in [4.78, 5) is 14.8. The van der Waals surface area contributed by atoms with E-state index in [0.29, 0.717) is 6.61 Å². The molecule has 1 aromatic rings. The number of anilines is 1. The van der Waals surface area contributed by atoms with Crippen molar-refractivity contribution >= 4 is 11.8 Å². The second kappa shape index (κ2) is 2.81. The van der Waals surface area contributed by atoms with Gasteiger partial charge in [0.1, 0.15) is 0 Å². The van der Waals surface area contributed by atoms with Crippen molar-refractivity contribution in [2.45, 2.75) is 6.42 Å². The van der Waals surface area contributed by atoms with Gasteiger partial charge in [-0.05, 0) is 11.6 Å². The van der Waals surface area contributed by atoms with Gasteiger partial charge in [0, 0.05) is 12.6 Å². The number of hydrogen-bond donors (Lipinski definition) is 1. The molecule has 0 saturated heterocycles. The summed E-state index contributed by atoms with van der Waals surface area (Å²) in [7, 11) is 0. The number of pyridine rings is 1. The summed E-state index contributed by atoms with van der Waals surface area (Å²) >= 11 is 0. The molecule has 1 N–H and O–H groups in total. The molecule has 0 atom stereocenters. The van der Waals surface area contributed by atoms with Crippen molar-refractivity contribution in [1.82, 2.24) is 4.98 Å². The SMILES string of the molecule is O=C1Nc2cnccc2CCO1. The molecule has 0 aliphatic carbocycles. The highest BCUT2D eigenvalue weighted by Crippen LogP contribution is 2.16. The zero-order chi connectivity index (χ0) is 8.39. The normalized spacial score (nSPS) is 15.5. The summed E-state index contributed by atoms with van der Waals surface area (Å²) in [5, 5.41) is 2.60. The lowest BCUT2D eigenvalue weighted by molar-refractivity contribution is 0.165. The number of ether oxygens (including phenoxy) is 1. The van der Waals surface area contributed by atoms with Gasteiger partial charge in [-0.3, -0.25) is 10.3 Å². The third-order valence-electron chi connectivity index (χ3n) is 1.75. The summed E-state index contributed by atoms with van der Waals surface area (Å²) < 4.78 is 4.81. The molecule has 12 heavy (non-hydrogen) atoms. The molecule has 0 spiro atoms. The number of carbonyl (C=O) groups is 1. The van der Waals surface area contributed by atoms with Crippen molar-refractivity contribution in [3.8, 4) is 0 Å². The monoisotopic (exact) mass is 164 g/mol. The van der Waals surface area contributed by atoms with Gasteiger partial charge in [-0.1, -0.05) is 0 Å². The smallest absolute Gasteiger partial charge is 0.411 e. The predicted octanol–water partition coefficient (Wildman–Crippen LogP) is 1.19. The molecular formula is C8H8N2O2. The quantitative estimate of drug-likeness (QED) is 0.626. The maximum absolute atomic E-state index is 10.9. The molecule has 2 heterocycles. The van der Waals surface area contributed by atoms with E-state index in [1.165, 1.54) is 0 Å². The van der Waals surface area contributed by atoms with Crippen LogP contribution in [0.3, 0.4) is 0 Å². The standard InChI is InChI=1S/C8H8N2O2/c11-8-10-7-5-9-3-1-6(7)2-4-12-8/h1,3,5H,2,4H2,(H,10,11). The van der Waals surface area contributed by atoms with Crippen LogP contribution in [0.2, 0.25) is 0 Å². The minimum Gasteiger partial charge on any atom is -0.449 e. The molecule has 1 aromatic heterocycles. The zero-order valence-corrected chi connectivity index (χ0v) is 6.41. The van der Waals surface area contributed by atoms with E-state index >= 15 is 0 Å². The summed E-state index contributed by atoms with van der Waals surface area (Å²) in [6.45, 7) is 0.433. The van der Waals surface area contributed by atoms with Gasteiger partial charge in [-0.25, -0.2) is 4.79 Å². The highest BCUT2D eigenvalue weighted by Gasteiger charge is 2.12. The van der Waals surface area contributed by atoms with Crippen LogP contribution in [-0.2, 0) is 11.2 Å². The molecule has 4 heteroatoms. The first-order valence-electron chi connectivity index (χ1n) is 3.73. The van der Waals surface area contributed by atoms with E-state index in [1.54, 1.807) is 12.4 Å². The number of nitrogens with one attached hydrogen (secondary N) is 1. The Bertz CT molecular complexity index is 312. The average molecular weight is 164 g/mol. The van der Waals surface area contributed by atoms with Crippen molar-refractivity contribution in [1.29, 1.82) is 0 Å². The van der Waals surface area contributed by atoms with E-state index in [0.717, 1.165) is 17.7 Å². The second-order valence-corrected chi connectivity index (χ2v) is 2.54. The lowest BCUT2D eigenvalue weighted by Crippen LogP contribution is -2.11. The van der Waals surface area contributed by atoms with Crippen molar-refractivity contribution in [3.05, 3.63) is 24.0 Å². The van der Waals surface area contributed by atoms with Gasteiger partial charge in [-0.15, -0.1) is 0 Å². The molecule has 2 rings (SSSR count). The number of nitrogens with zero attached hydrogens (tertiary/aromatic N) is 1. The minimum atomic E-state index is -0.401. The van der Waals surface area contributed by atoms with Gasteiger partial charge in [0.05, 0.1) is 18.5 Å². The fourth-order valence-electron chi connectivity index (χ4n) is 1.15. The lowest BCUT2D eigenvalue weighted by atomic mass is 10.2. The Balaban J connectivity index is 2.37. The van der Waals surface area contributed by atoms with Gasteiger partial charge in [0.2, 0.25) is 0 Å². The van der Waals surface area contributed by atoms with Gasteiger partial charge in [0.15, 0.2) is 0 Å². The maximum Gasteiger partial charge on any atom is 0.411 e. The van der Waals surface area contributed by atoms with Gasteiger partial charge >= 0.3 is 6.09 Å². The maximum atomic E-state index is 10.9. The number of cyclic esters (lactones) is 1. The Hall–Kier alpha value is -1.58. The highest BCUT2D eigenvalue weighted by atomic mass is 16.5. The molecule has 62 valence electrons. The second-order valence-electron chi connectivity index (χ2n) is 2.54. The fraction of sp³-hybridized carbons (Fsp3) is 0.250. The third-order valence-corrected chi connectivity index (χ3v) is 1.75.